The molecular weight excluding hydrogens is 478 g/mol. The van der Waals surface area contributed by atoms with E-state index in [4.69, 9.17) is 16.3 Å². The van der Waals surface area contributed by atoms with Crippen molar-refractivity contribution in [2.75, 3.05) is 18.2 Å². The first kappa shape index (κ1) is 25.0. The molecule has 0 atom stereocenters. The summed E-state index contributed by atoms with van der Waals surface area (Å²) in [5, 5.41) is 14.6. The van der Waals surface area contributed by atoms with E-state index in [1.165, 1.54) is 24.9 Å². The summed E-state index contributed by atoms with van der Waals surface area (Å²) < 4.78 is 6.42. The van der Waals surface area contributed by atoms with Gasteiger partial charge in [-0.2, -0.15) is 0 Å². The van der Waals surface area contributed by atoms with Gasteiger partial charge in [-0.3, -0.25) is 9.59 Å². The minimum Gasteiger partial charge on any atom is -0.465 e. The molecule has 3 aromatic rings. The molecule has 0 aliphatic carbocycles. The van der Waals surface area contributed by atoms with Crippen LogP contribution >= 0.6 is 23.4 Å². The van der Waals surface area contributed by atoms with Crippen LogP contribution in [0.15, 0.2) is 59.8 Å². The fourth-order valence-corrected chi connectivity index (χ4v) is 3.75. The number of aromatic nitrogens is 3. The van der Waals surface area contributed by atoms with Gasteiger partial charge in [0, 0.05) is 18.1 Å². The molecule has 0 saturated carbocycles. The quantitative estimate of drug-likeness (QED) is 0.263. The number of amides is 2. The molecular formula is C23H22ClN5O4S. The second-order valence-corrected chi connectivity index (χ2v) is 8.25. The number of hydrogen-bond acceptors (Lipinski definition) is 7. The van der Waals surface area contributed by atoms with Crippen molar-refractivity contribution in [2.45, 2.75) is 11.7 Å². The summed E-state index contributed by atoms with van der Waals surface area (Å²) >= 11 is 7.25. The van der Waals surface area contributed by atoms with Gasteiger partial charge in [-0.05, 0) is 29.8 Å². The van der Waals surface area contributed by atoms with Crippen molar-refractivity contribution in [1.82, 2.24) is 20.1 Å². The molecule has 2 amide bonds. The summed E-state index contributed by atoms with van der Waals surface area (Å²) in [7, 11) is 3.02. The van der Waals surface area contributed by atoms with Crippen molar-refractivity contribution in [3.05, 3.63) is 76.6 Å². The van der Waals surface area contributed by atoms with Crippen molar-refractivity contribution in [2.24, 2.45) is 7.05 Å². The maximum absolute atomic E-state index is 12.4. The molecule has 0 spiro atoms. The van der Waals surface area contributed by atoms with Crippen LogP contribution in [0.25, 0.3) is 6.08 Å². The first-order chi connectivity index (χ1) is 16.4. The molecule has 0 aliphatic rings. The number of anilines is 1. The zero-order valence-electron chi connectivity index (χ0n) is 18.4. The molecule has 0 aliphatic heterocycles. The zero-order chi connectivity index (χ0) is 24.5. The number of methoxy groups -OCH3 is 1. The van der Waals surface area contributed by atoms with Gasteiger partial charge in [-0.15, -0.1) is 10.2 Å². The summed E-state index contributed by atoms with van der Waals surface area (Å²) in [5.41, 5.74) is 1.37. The van der Waals surface area contributed by atoms with Gasteiger partial charge >= 0.3 is 5.97 Å². The lowest BCUT2D eigenvalue weighted by Gasteiger charge is -2.09. The fraction of sp³-hybridized carbons (Fsp3) is 0.174. The smallest absolute Gasteiger partial charge is 0.339 e. The van der Waals surface area contributed by atoms with Crippen molar-refractivity contribution < 1.29 is 19.1 Å². The van der Waals surface area contributed by atoms with E-state index < -0.39 is 5.97 Å². The van der Waals surface area contributed by atoms with Crippen LogP contribution in [-0.2, 0) is 27.9 Å². The van der Waals surface area contributed by atoms with Crippen molar-refractivity contribution >= 4 is 52.9 Å². The molecule has 0 fully saturated rings. The third-order valence-corrected chi connectivity index (χ3v) is 5.97. The third-order valence-electron chi connectivity index (χ3n) is 4.60. The summed E-state index contributed by atoms with van der Waals surface area (Å²) in [6.07, 6.45) is 3.02. The van der Waals surface area contributed by atoms with Gasteiger partial charge in [0.25, 0.3) is 0 Å². The summed E-state index contributed by atoms with van der Waals surface area (Å²) in [4.78, 5) is 36.3. The maximum atomic E-state index is 12.4. The first-order valence-corrected chi connectivity index (χ1v) is 11.4. The highest BCUT2D eigenvalue weighted by Crippen LogP contribution is 2.19. The van der Waals surface area contributed by atoms with Crippen molar-refractivity contribution in [3.63, 3.8) is 0 Å². The van der Waals surface area contributed by atoms with Crippen molar-refractivity contribution in [1.29, 1.82) is 0 Å². The number of nitrogens with zero attached hydrogens (tertiary/aromatic N) is 3. The minimum atomic E-state index is -0.537. The number of thioether (sulfide) groups is 1. The van der Waals surface area contributed by atoms with Crippen LogP contribution < -0.4 is 10.6 Å². The van der Waals surface area contributed by atoms with Crippen molar-refractivity contribution in [3.8, 4) is 0 Å². The number of esters is 1. The lowest BCUT2D eigenvalue weighted by molar-refractivity contribution is -0.116. The van der Waals surface area contributed by atoms with Gasteiger partial charge in [0.2, 0.25) is 11.8 Å². The molecule has 3 rings (SSSR count). The highest BCUT2D eigenvalue weighted by atomic mass is 35.5. The number of hydrogen-bond donors (Lipinski definition) is 2. The number of nitrogens with one attached hydrogen (secondary N) is 2. The van der Waals surface area contributed by atoms with Crippen LogP contribution in [0.5, 0.6) is 0 Å². The van der Waals surface area contributed by atoms with E-state index >= 15 is 0 Å². The molecule has 2 aromatic carbocycles. The van der Waals surface area contributed by atoms with Gasteiger partial charge in [0.1, 0.15) is 0 Å². The van der Waals surface area contributed by atoms with E-state index in [1.54, 1.807) is 48.0 Å². The zero-order valence-corrected chi connectivity index (χ0v) is 20.0. The maximum Gasteiger partial charge on any atom is 0.339 e. The van der Waals surface area contributed by atoms with E-state index in [0.29, 0.717) is 21.7 Å². The van der Waals surface area contributed by atoms with Crippen LogP contribution in [0.4, 0.5) is 5.69 Å². The predicted octanol–water partition coefficient (Wildman–Crippen LogP) is 3.32. The standard InChI is InChI=1S/C23H22ClN5O4S/c1-29-19(13-25-20(30)12-11-15-7-3-5-9-17(15)24)27-28-23(29)34-14-21(31)26-18-10-6-4-8-16(18)22(32)33-2/h3-12H,13-14H2,1-2H3,(H,25,30)(H,26,31)/b12-11+. The second-order valence-electron chi connectivity index (χ2n) is 6.90. The Balaban J connectivity index is 1.52. The van der Waals surface area contributed by atoms with Gasteiger partial charge in [-0.25, -0.2) is 4.79 Å². The largest absolute Gasteiger partial charge is 0.465 e. The van der Waals surface area contributed by atoms with E-state index in [1.807, 2.05) is 18.2 Å². The van der Waals surface area contributed by atoms with Crippen LogP contribution in [0, 0.1) is 0 Å². The molecule has 2 N–H and O–H groups in total. The predicted molar refractivity (Wildman–Crippen MR) is 130 cm³/mol. The fourth-order valence-electron chi connectivity index (χ4n) is 2.82. The number of rotatable bonds is 9. The topological polar surface area (TPSA) is 115 Å². The molecule has 34 heavy (non-hydrogen) atoms. The lowest BCUT2D eigenvalue weighted by atomic mass is 10.2. The minimum absolute atomic E-state index is 0.0500. The van der Waals surface area contributed by atoms with Gasteiger partial charge < -0.3 is 19.9 Å². The molecule has 1 aromatic heterocycles. The number of benzene rings is 2. The Kier molecular flexibility index (Phi) is 8.83. The average molecular weight is 500 g/mol. The van der Waals surface area contributed by atoms with Crippen LogP contribution in [-0.4, -0.2) is 45.4 Å². The Morgan fingerprint density at radius 2 is 1.85 bits per heavy atom. The summed E-state index contributed by atoms with van der Waals surface area (Å²) in [6.45, 7) is 0.161. The molecule has 1 heterocycles. The van der Waals surface area contributed by atoms with E-state index in [0.717, 1.165) is 5.56 Å². The normalized spacial score (nSPS) is 10.8. The average Bonchev–Trinajstić information content (AvgIpc) is 3.20. The Morgan fingerprint density at radius 1 is 1.12 bits per heavy atom. The number of ether oxygens (including phenoxy) is 1. The van der Waals surface area contributed by atoms with E-state index in [2.05, 4.69) is 20.8 Å². The molecule has 0 unspecified atom stereocenters. The number of carbonyl (C=O) groups excluding carboxylic acids is 3. The van der Waals surface area contributed by atoms with Crippen LogP contribution in [0.2, 0.25) is 5.02 Å². The highest BCUT2D eigenvalue weighted by Gasteiger charge is 2.15. The second kappa shape index (κ2) is 12.0. The molecule has 0 bridgehead atoms. The van der Waals surface area contributed by atoms with Crippen LogP contribution in [0.1, 0.15) is 21.7 Å². The Labute approximate surface area is 205 Å². The SMILES string of the molecule is COC(=O)c1ccccc1NC(=O)CSc1nnc(CNC(=O)/C=C/c2ccccc2Cl)n1C. The molecule has 0 saturated heterocycles. The molecule has 9 nitrogen and oxygen atoms in total. The van der Waals surface area contributed by atoms with Gasteiger partial charge in [-0.1, -0.05) is 53.7 Å². The monoisotopic (exact) mass is 499 g/mol. The Bertz CT molecular complexity index is 1230. The third kappa shape index (κ3) is 6.69. The number of halogens is 1. The Morgan fingerprint density at radius 3 is 2.62 bits per heavy atom. The molecule has 11 heteroatoms. The number of carbonyl (C=O) groups is 3. The Hall–Kier alpha value is -3.63. The molecule has 176 valence electrons. The van der Waals surface area contributed by atoms with Gasteiger partial charge in [0.15, 0.2) is 11.0 Å². The van der Waals surface area contributed by atoms with Crippen LogP contribution in [0.3, 0.4) is 0 Å². The van der Waals surface area contributed by atoms with Gasteiger partial charge in [0.05, 0.1) is 30.7 Å². The summed E-state index contributed by atoms with van der Waals surface area (Å²) in [6, 6.07) is 13.8. The summed E-state index contributed by atoms with van der Waals surface area (Å²) in [5.74, 6) is -0.581. The highest BCUT2D eigenvalue weighted by molar-refractivity contribution is 7.99. The lowest BCUT2D eigenvalue weighted by Crippen LogP contribution is -2.22. The number of para-hydroxylation sites is 1. The van der Waals surface area contributed by atoms with E-state index in [9.17, 15) is 14.4 Å². The first-order valence-electron chi connectivity index (χ1n) is 10.1. The van der Waals surface area contributed by atoms with E-state index in [-0.39, 0.29) is 29.7 Å². The molecule has 0 radical (unpaired) electrons.